The van der Waals surface area contributed by atoms with Crippen molar-refractivity contribution in [3.05, 3.63) is 56.6 Å². The summed E-state index contributed by atoms with van der Waals surface area (Å²) in [7, 11) is 0. The highest BCUT2D eigenvalue weighted by molar-refractivity contribution is 14.1. The third kappa shape index (κ3) is 2.98. The summed E-state index contributed by atoms with van der Waals surface area (Å²) >= 11 is 8.63. The smallest absolute Gasteiger partial charge is 0.293 e. The first-order valence-electron chi connectivity index (χ1n) is 6.81. The number of benzene rings is 2. The number of aromatic nitrogens is 1. The van der Waals surface area contributed by atoms with E-state index in [0.29, 0.717) is 24.5 Å². The molecule has 0 saturated heterocycles. The number of aromatic amines is 1. The molecular weight excluding hydrogens is 413 g/mol. The van der Waals surface area contributed by atoms with E-state index in [-0.39, 0.29) is 0 Å². The summed E-state index contributed by atoms with van der Waals surface area (Å²) in [6.45, 7) is 0.827. The number of hydrogen-bond acceptors (Lipinski definition) is 2. The Morgan fingerprint density at radius 2 is 2.05 bits per heavy atom. The molecule has 0 saturated carbocycles. The first kappa shape index (κ1) is 15.4. The van der Waals surface area contributed by atoms with Gasteiger partial charge in [0, 0.05) is 31.5 Å². The van der Waals surface area contributed by atoms with Crippen molar-refractivity contribution >= 4 is 51.6 Å². The Kier molecular flexibility index (Phi) is 4.69. The molecular formula is C17H13ClINO2. The van der Waals surface area contributed by atoms with Crippen molar-refractivity contribution in [3.63, 3.8) is 0 Å². The number of nitrogens with one attached hydrogen (secondary N) is 1. The number of fused-ring (bicyclic) bond motifs is 1. The third-order valence-corrected chi connectivity index (χ3v) is 4.55. The van der Waals surface area contributed by atoms with Crippen molar-refractivity contribution in [3.8, 4) is 11.3 Å². The van der Waals surface area contributed by atoms with Gasteiger partial charge in [0.25, 0.3) is 6.47 Å². The largest absolute Gasteiger partial charge is 0.468 e. The van der Waals surface area contributed by atoms with E-state index in [1.54, 1.807) is 0 Å². The van der Waals surface area contributed by atoms with Crippen molar-refractivity contribution in [2.45, 2.75) is 6.42 Å². The molecule has 0 amide bonds. The first-order valence-corrected chi connectivity index (χ1v) is 8.26. The topological polar surface area (TPSA) is 42.1 Å². The molecule has 1 N–H and O–H groups in total. The second kappa shape index (κ2) is 6.71. The van der Waals surface area contributed by atoms with E-state index in [2.05, 4.69) is 45.8 Å². The fourth-order valence-corrected chi connectivity index (χ4v) is 3.30. The molecule has 0 fully saturated rings. The molecule has 0 aliphatic heterocycles. The van der Waals surface area contributed by atoms with Crippen LogP contribution in [-0.2, 0) is 16.0 Å². The van der Waals surface area contributed by atoms with Crippen LogP contribution in [0.1, 0.15) is 5.56 Å². The number of halogens is 2. The van der Waals surface area contributed by atoms with E-state index in [1.165, 1.54) is 0 Å². The van der Waals surface area contributed by atoms with Crippen LogP contribution in [0.4, 0.5) is 0 Å². The monoisotopic (exact) mass is 425 g/mol. The minimum atomic E-state index is 0.347. The van der Waals surface area contributed by atoms with Crippen LogP contribution in [0, 0.1) is 3.57 Å². The van der Waals surface area contributed by atoms with Gasteiger partial charge in [-0.3, -0.25) is 4.79 Å². The highest BCUT2D eigenvalue weighted by Crippen LogP contribution is 2.35. The van der Waals surface area contributed by atoms with E-state index in [1.807, 2.05) is 24.3 Å². The van der Waals surface area contributed by atoms with Crippen LogP contribution < -0.4 is 0 Å². The zero-order valence-corrected chi connectivity index (χ0v) is 14.5. The summed E-state index contributed by atoms with van der Waals surface area (Å²) in [6, 6.07) is 14.0. The Morgan fingerprint density at radius 3 is 2.82 bits per heavy atom. The number of ether oxygens (including phenoxy) is 1. The van der Waals surface area contributed by atoms with Crippen LogP contribution in [0.25, 0.3) is 22.2 Å². The normalized spacial score (nSPS) is 10.8. The second-order valence-electron chi connectivity index (χ2n) is 4.87. The van der Waals surface area contributed by atoms with Gasteiger partial charge in [-0.2, -0.15) is 0 Å². The van der Waals surface area contributed by atoms with Crippen molar-refractivity contribution in [2.75, 3.05) is 6.61 Å². The summed E-state index contributed by atoms with van der Waals surface area (Å²) in [6.07, 6.45) is 0.638. The quantitative estimate of drug-likeness (QED) is 0.362. The average Bonchev–Trinajstić information content (AvgIpc) is 2.86. The molecule has 0 unspecified atom stereocenters. The maximum atomic E-state index is 10.4. The Hall–Kier alpha value is -1.53. The van der Waals surface area contributed by atoms with Crippen molar-refractivity contribution in [1.82, 2.24) is 4.98 Å². The fourth-order valence-electron chi connectivity index (χ4n) is 2.58. The molecule has 0 radical (unpaired) electrons. The lowest BCUT2D eigenvalue weighted by atomic mass is 10.0. The number of hydrogen-bond donors (Lipinski definition) is 1. The lowest BCUT2D eigenvalue weighted by Crippen LogP contribution is -1.98. The van der Waals surface area contributed by atoms with Crippen LogP contribution in [0.15, 0.2) is 42.5 Å². The molecule has 22 heavy (non-hydrogen) atoms. The molecule has 3 aromatic rings. The Balaban J connectivity index is 2.17. The van der Waals surface area contributed by atoms with Crippen LogP contribution >= 0.6 is 34.2 Å². The zero-order chi connectivity index (χ0) is 15.5. The standard InChI is InChI=1S/C17H13ClINO2/c18-15-4-2-1-3-13(15)17-12(7-8-22-10-21)14-9-11(19)5-6-16(14)20-17/h1-6,9-10,20H,7-8H2. The van der Waals surface area contributed by atoms with Gasteiger partial charge in [-0.25, -0.2) is 0 Å². The fraction of sp³-hybridized carbons (Fsp3) is 0.118. The minimum absolute atomic E-state index is 0.347. The highest BCUT2D eigenvalue weighted by atomic mass is 127. The van der Waals surface area contributed by atoms with Gasteiger partial charge in [0.1, 0.15) is 0 Å². The lowest BCUT2D eigenvalue weighted by Gasteiger charge is -2.06. The second-order valence-corrected chi connectivity index (χ2v) is 6.52. The van der Waals surface area contributed by atoms with Gasteiger partial charge in [0.15, 0.2) is 0 Å². The molecule has 1 heterocycles. The predicted molar refractivity (Wildman–Crippen MR) is 97.2 cm³/mol. The van der Waals surface area contributed by atoms with Gasteiger partial charge in [-0.05, 0) is 52.4 Å². The molecule has 0 spiro atoms. The molecule has 0 aliphatic rings. The number of carbonyl (C=O) groups is 1. The highest BCUT2D eigenvalue weighted by Gasteiger charge is 2.15. The van der Waals surface area contributed by atoms with Crippen molar-refractivity contribution in [2.24, 2.45) is 0 Å². The van der Waals surface area contributed by atoms with E-state index in [0.717, 1.165) is 31.3 Å². The first-order chi connectivity index (χ1) is 10.7. The van der Waals surface area contributed by atoms with Crippen molar-refractivity contribution in [1.29, 1.82) is 0 Å². The molecule has 0 bridgehead atoms. The van der Waals surface area contributed by atoms with Gasteiger partial charge in [-0.1, -0.05) is 29.8 Å². The van der Waals surface area contributed by atoms with Gasteiger partial charge in [0.05, 0.1) is 12.3 Å². The molecule has 3 nitrogen and oxygen atoms in total. The Labute approximate surface area is 146 Å². The number of carbonyl (C=O) groups excluding carboxylic acids is 1. The molecule has 2 aromatic carbocycles. The van der Waals surface area contributed by atoms with Crippen molar-refractivity contribution < 1.29 is 9.53 Å². The average molecular weight is 426 g/mol. The SMILES string of the molecule is O=COCCc1c(-c2ccccc2Cl)[nH]c2ccc(I)cc12. The molecule has 112 valence electrons. The van der Waals surface area contributed by atoms with E-state index >= 15 is 0 Å². The maximum absolute atomic E-state index is 10.4. The van der Waals surface area contributed by atoms with Crippen LogP contribution in [0.5, 0.6) is 0 Å². The molecule has 5 heteroatoms. The van der Waals surface area contributed by atoms with Gasteiger partial charge >= 0.3 is 0 Å². The summed E-state index contributed by atoms with van der Waals surface area (Å²) in [4.78, 5) is 13.9. The predicted octanol–water partition coefficient (Wildman–Crippen LogP) is 4.81. The minimum Gasteiger partial charge on any atom is -0.468 e. The summed E-state index contributed by atoms with van der Waals surface area (Å²) in [5.74, 6) is 0. The third-order valence-electron chi connectivity index (χ3n) is 3.55. The molecule has 1 aromatic heterocycles. The van der Waals surface area contributed by atoms with Gasteiger partial charge in [0.2, 0.25) is 0 Å². The van der Waals surface area contributed by atoms with Crippen LogP contribution in [0.3, 0.4) is 0 Å². The molecule has 0 atom stereocenters. The summed E-state index contributed by atoms with van der Waals surface area (Å²) < 4.78 is 6.04. The summed E-state index contributed by atoms with van der Waals surface area (Å²) in [5.41, 5.74) is 4.11. The van der Waals surface area contributed by atoms with Crippen LogP contribution in [-0.4, -0.2) is 18.1 Å². The van der Waals surface area contributed by atoms with Gasteiger partial charge in [-0.15, -0.1) is 0 Å². The maximum Gasteiger partial charge on any atom is 0.293 e. The lowest BCUT2D eigenvalue weighted by molar-refractivity contribution is -0.128. The van der Waals surface area contributed by atoms with E-state index in [9.17, 15) is 4.79 Å². The zero-order valence-electron chi connectivity index (χ0n) is 11.6. The summed E-state index contributed by atoms with van der Waals surface area (Å²) in [5, 5.41) is 1.83. The number of H-pyrrole nitrogens is 1. The van der Waals surface area contributed by atoms with E-state index < -0.39 is 0 Å². The number of rotatable bonds is 5. The van der Waals surface area contributed by atoms with E-state index in [4.69, 9.17) is 16.3 Å². The van der Waals surface area contributed by atoms with Gasteiger partial charge < -0.3 is 9.72 Å². The molecule has 0 aliphatic carbocycles. The molecule has 3 rings (SSSR count). The Morgan fingerprint density at radius 1 is 1.23 bits per heavy atom. The van der Waals surface area contributed by atoms with Crippen LogP contribution in [0.2, 0.25) is 5.02 Å². The Bertz CT molecular complexity index is 829.